The van der Waals surface area contributed by atoms with E-state index in [2.05, 4.69) is 39.3 Å². The van der Waals surface area contributed by atoms with Crippen molar-refractivity contribution in [3.8, 4) is 12.3 Å². The SMILES string of the molecule is C#Cc1cc(Cl)cc(C=C)c1.CCCc1ccc(Cl)c(C)c1C. The van der Waals surface area contributed by atoms with Crippen LogP contribution in [0.15, 0.2) is 36.9 Å². The Kier molecular flexibility index (Phi) is 7.96. The van der Waals surface area contributed by atoms with Gasteiger partial charge in [0.25, 0.3) is 0 Å². The van der Waals surface area contributed by atoms with Crippen molar-refractivity contribution < 1.29 is 0 Å². The van der Waals surface area contributed by atoms with Crippen molar-refractivity contribution >= 4 is 29.3 Å². The quantitative estimate of drug-likeness (QED) is 0.532. The molecule has 23 heavy (non-hydrogen) atoms. The van der Waals surface area contributed by atoms with Crippen molar-refractivity contribution in [1.82, 2.24) is 0 Å². The highest BCUT2D eigenvalue weighted by molar-refractivity contribution is 6.31. The zero-order valence-corrected chi connectivity index (χ0v) is 15.4. The average molecular weight is 345 g/mol. The molecule has 0 saturated carbocycles. The maximum atomic E-state index is 5.99. The fourth-order valence-corrected chi connectivity index (χ4v) is 2.65. The second-order valence-corrected chi connectivity index (χ2v) is 6.17. The maximum Gasteiger partial charge on any atom is 0.0438 e. The summed E-state index contributed by atoms with van der Waals surface area (Å²) in [4.78, 5) is 0. The Hall–Kier alpha value is -1.68. The number of aryl methyl sites for hydroxylation is 1. The molecule has 0 saturated heterocycles. The molecule has 0 spiro atoms. The zero-order chi connectivity index (χ0) is 17.4. The molecule has 0 aliphatic rings. The van der Waals surface area contributed by atoms with Crippen molar-refractivity contribution in [3.05, 3.63) is 74.8 Å². The molecule has 0 aliphatic heterocycles. The van der Waals surface area contributed by atoms with E-state index in [0.29, 0.717) is 5.02 Å². The van der Waals surface area contributed by atoms with Gasteiger partial charge in [-0.05, 0) is 66.8 Å². The van der Waals surface area contributed by atoms with Crippen LogP contribution in [0.2, 0.25) is 10.0 Å². The van der Waals surface area contributed by atoms with Gasteiger partial charge in [0.05, 0.1) is 0 Å². The molecule has 0 nitrogen and oxygen atoms in total. The van der Waals surface area contributed by atoms with Gasteiger partial charge in [0.15, 0.2) is 0 Å². The molecular weight excluding hydrogens is 323 g/mol. The van der Waals surface area contributed by atoms with Crippen LogP contribution in [0.1, 0.15) is 41.2 Å². The van der Waals surface area contributed by atoms with E-state index in [0.717, 1.165) is 22.6 Å². The van der Waals surface area contributed by atoms with Crippen molar-refractivity contribution in [2.24, 2.45) is 0 Å². The first-order chi connectivity index (χ1) is 10.9. The standard InChI is InChI=1S/C11H15Cl.C10H7Cl/c1-4-5-10-6-7-11(12)9(3)8(10)2;1-3-8-5-9(4-2)7-10(11)6-8/h6-7H,4-5H2,1-3H3;1,4-7H,2H2. The topological polar surface area (TPSA) is 0 Å². The van der Waals surface area contributed by atoms with Gasteiger partial charge in [-0.1, -0.05) is 61.2 Å². The molecular formula is C21H22Cl2. The predicted octanol–water partition coefficient (Wildman–Crippen LogP) is 6.87. The molecule has 0 amide bonds. The average Bonchev–Trinajstić information content (AvgIpc) is 2.55. The first-order valence-corrected chi connectivity index (χ1v) is 8.32. The van der Waals surface area contributed by atoms with E-state index < -0.39 is 0 Å². The van der Waals surface area contributed by atoms with Crippen molar-refractivity contribution in [3.63, 3.8) is 0 Å². The van der Waals surface area contributed by atoms with Gasteiger partial charge in [0.1, 0.15) is 0 Å². The first kappa shape index (κ1) is 19.4. The summed E-state index contributed by atoms with van der Waals surface area (Å²) in [6.45, 7) is 10.0. The Bertz CT molecular complexity index is 721. The predicted molar refractivity (Wildman–Crippen MR) is 104 cm³/mol. The molecule has 2 aromatic rings. The maximum absolute atomic E-state index is 5.99. The molecule has 0 radical (unpaired) electrons. The summed E-state index contributed by atoms with van der Waals surface area (Å²) in [5, 5.41) is 1.53. The van der Waals surface area contributed by atoms with Crippen LogP contribution < -0.4 is 0 Å². The minimum Gasteiger partial charge on any atom is -0.115 e. The summed E-state index contributed by atoms with van der Waals surface area (Å²) in [7, 11) is 0. The normalized spacial score (nSPS) is 9.57. The number of rotatable bonds is 3. The van der Waals surface area contributed by atoms with Gasteiger partial charge < -0.3 is 0 Å². The lowest BCUT2D eigenvalue weighted by Crippen LogP contribution is -1.92. The Balaban J connectivity index is 0.000000231. The van der Waals surface area contributed by atoms with Crippen molar-refractivity contribution in [1.29, 1.82) is 0 Å². The van der Waals surface area contributed by atoms with Gasteiger partial charge in [-0.3, -0.25) is 0 Å². The van der Waals surface area contributed by atoms with Crippen LogP contribution in [0.4, 0.5) is 0 Å². The van der Waals surface area contributed by atoms with Gasteiger partial charge >= 0.3 is 0 Å². The largest absolute Gasteiger partial charge is 0.115 e. The number of hydrogen-bond acceptors (Lipinski definition) is 0. The van der Waals surface area contributed by atoms with Gasteiger partial charge in [0.2, 0.25) is 0 Å². The fraction of sp³-hybridized carbons (Fsp3) is 0.238. The number of halogens is 2. The molecule has 0 bridgehead atoms. The summed E-state index contributed by atoms with van der Waals surface area (Å²) in [6.07, 6.45) is 9.27. The van der Waals surface area contributed by atoms with Crippen LogP contribution in [-0.4, -0.2) is 0 Å². The van der Waals surface area contributed by atoms with E-state index in [1.807, 2.05) is 18.2 Å². The molecule has 2 aromatic carbocycles. The molecule has 0 aliphatic carbocycles. The third-order valence-electron chi connectivity index (χ3n) is 3.68. The number of benzene rings is 2. The van der Waals surface area contributed by atoms with E-state index in [1.54, 1.807) is 12.1 Å². The molecule has 0 N–H and O–H groups in total. The minimum absolute atomic E-state index is 0.648. The van der Waals surface area contributed by atoms with Crippen molar-refractivity contribution in [2.45, 2.75) is 33.6 Å². The molecule has 120 valence electrons. The summed E-state index contributed by atoms with van der Waals surface area (Å²) in [6, 6.07) is 9.55. The Morgan fingerprint density at radius 3 is 2.39 bits per heavy atom. The first-order valence-electron chi connectivity index (χ1n) is 7.57. The van der Waals surface area contributed by atoms with E-state index in [-0.39, 0.29) is 0 Å². The van der Waals surface area contributed by atoms with Crippen molar-refractivity contribution in [2.75, 3.05) is 0 Å². The van der Waals surface area contributed by atoms with E-state index >= 15 is 0 Å². The van der Waals surface area contributed by atoms with Crippen LogP contribution in [0.5, 0.6) is 0 Å². The highest BCUT2D eigenvalue weighted by Crippen LogP contribution is 2.22. The van der Waals surface area contributed by atoms with Crippen LogP contribution in [-0.2, 0) is 6.42 Å². The van der Waals surface area contributed by atoms with E-state index in [9.17, 15) is 0 Å². The molecule has 0 unspecified atom stereocenters. The summed E-state index contributed by atoms with van der Waals surface area (Å²) in [5.41, 5.74) is 5.74. The molecule has 0 fully saturated rings. The van der Waals surface area contributed by atoms with E-state index in [1.165, 1.54) is 23.1 Å². The van der Waals surface area contributed by atoms with Crippen LogP contribution >= 0.6 is 23.2 Å². The van der Waals surface area contributed by atoms with Gasteiger partial charge in [-0.15, -0.1) is 6.42 Å². The highest BCUT2D eigenvalue weighted by atomic mass is 35.5. The van der Waals surface area contributed by atoms with Gasteiger partial charge in [-0.25, -0.2) is 0 Å². The Morgan fingerprint density at radius 2 is 1.83 bits per heavy atom. The summed E-state index contributed by atoms with van der Waals surface area (Å²) >= 11 is 11.8. The Labute approximate surface area is 150 Å². The van der Waals surface area contributed by atoms with E-state index in [4.69, 9.17) is 29.6 Å². The zero-order valence-electron chi connectivity index (χ0n) is 13.9. The lowest BCUT2D eigenvalue weighted by atomic mass is 10.0. The molecule has 2 heteroatoms. The molecule has 0 heterocycles. The lowest BCUT2D eigenvalue weighted by Gasteiger charge is -2.08. The third-order valence-corrected chi connectivity index (χ3v) is 4.30. The smallest absolute Gasteiger partial charge is 0.0438 e. The van der Waals surface area contributed by atoms with Crippen LogP contribution in [0, 0.1) is 26.2 Å². The van der Waals surface area contributed by atoms with Gasteiger partial charge in [0, 0.05) is 15.6 Å². The lowest BCUT2D eigenvalue weighted by molar-refractivity contribution is 0.910. The van der Waals surface area contributed by atoms with Gasteiger partial charge in [-0.2, -0.15) is 0 Å². The highest BCUT2D eigenvalue weighted by Gasteiger charge is 2.03. The molecule has 2 rings (SSSR count). The monoisotopic (exact) mass is 344 g/mol. The molecule has 0 atom stereocenters. The number of hydrogen-bond donors (Lipinski definition) is 0. The van der Waals surface area contributed by atoms with Crippen LogP contribution in [0.3, 0.4) is 0 Å². The number of terminal acetylenes is 1. The summed E-state index contributed by atoms with van der Waals surface area (Å²) < 4.78 is 0. The second-order valence-electron chi connectivity index (χ2n) is 5.33. The van der Waals surface area contributed by atoms with Crippen LogP contribution in [0.25, 0.3) is 6.08 Å². The minimum atomic E-state index is 0.648. The summed E-state index contributed by atoms with van der Waals surface area (Å²) in [5.74, 6) is 2.51. The fourth-order valence-electron chi connectivity index (χ4n) is 2.20. The third kappa shape index (κ3) is 5.79. The second kappa shape index (κ2) is 9.46. The molecule has 0 aromatic heterocycles. The Morgan fingerprint density at radius 1 is 1.13 bits per heavy atom.